The third-order valence-corrected chi connectivity index (χ3v) is 5.31. The van der Waals surface area contributed by atoms with Crippen LogP contribution in [0.1, 0.15) is 84.0 Å². The van der Waals surface area contributed by atoms with Gasteiger partial charge in [0, 0.05) is 31.4 Å². The van der Waals surface area contributed by atoms with Crippen LogP contribution in [0.5, 0.6) is 0 Å². The van der Waals surface area contributed by atoms with E-state index in [0.29, 0.717) is 30.3 Å². The molecule has 0 amide bonds. The Morgan fingerprint density at radius 3 is 2.29 bits per heavy atom. The topological polar surface area (TPSA) is 55.4 Å². The number of unbranched alkanes of at least 4 members (excludes halogenated alkanes) is 1. The van der Waals surface area contributed by atoms with E-state index in [-0.39, 0.29) is 0 Å². The molecule has 0 unspecified atom stereocenters. The van der Waals surface area contributed by atoms with E-state index in [0.717, 1.165) is 38.6 Å². The third-order valence-electron chi connectivity index (χ3n) is 5.31. The smallest absolute Gasteiger partial charge is 0.135 e. The van der Waals surface area contributed by atoms with Crippen molar-refractivity contribution in [3.05, 3.63) is 0 Å². The molecule has 2 aliphatic carbocycles. The van der Waals surface area contributed by atoms with Crippen molar-refractivity contribution in [3.8, 4) is 0 Å². The van der Waals surface area contributed by atoms with E-state index in [4.69, 9.17) is 4.74 Å². The Hall–Kier alpha value is -0.740. The number of aldehydes is 1. The molecule has 0 aromatic rings. The van der Waals surface area contributed by atoms with Crippen LogP contribution in [0.4, 0.5) is 0 Å². The lowest BCUT2D eigenvalue weighted by Crippen LogP contribution is -2.32. The van der Waals surface area contributed by atoms with E-state index >= 15 is 0 Å². The van der Waals surface area contributed by atoms with Crippen molar-refractivity contribution in [2.75, 3.05) is 13.7 Å². The molecule has 0 aromatic heterocycles. The van der Waals surface area contributed by atoms with Crippen molar-refractivity contribution in [2.24, 2.45) is 5.92 Å². The number of carbonyl (C=O) groups is 2. The van der Waals surface area contributed by atoms with Crippen LogP contribution in [0.25, 0.3) is 0 Å². The van der Waals surface area contributed by atoms with E-state index in [9.17, 15) is 9.59 Å². The highest BCUT2D eigenvalue weighted by atomic mass is 16.5. The summed E-state index contributed by atoms with van der Waals surface area (Å²) < 4.78 is 5.63. The second-order valence-corrected chi connectivity index (χ2v) is 7.10. The Kier molecular flexibility index (Phi) is 12.0. The molecule has 0 aromatic carbocycles. The zero-order chi connectivity index (χ0) is 17.6. The average molecular weight is 340 g/mol. The molecule has 0 radical (unpaired) electrons. The van der Waals surface area contributed by atoms with E-state index in [1.54, 1.807) is 0 Å². The third kappa shape index (κ3) is 8.93. The fraction of sp³-hybridized carbons (Fsp3) is 0.900. The first-order chi connectivity index (χ1) is 11.7. The number of rotatable bonds is 8. The van der Waals surface area contributed by atoms with Crippen LogP contribution < -0.4 is 5.32 Å². The van der Waals surface area contributed by atoms with E-state index in [1.807, 2.05) is 14.0 Å². The first-order valence-corrected chi connectivity index (χ1v) is 9.96. The van der Waals surface area contributed by atoms with Gasteiger partial charge < -0.3 is 14.8 Å². The molecule has 1 N–H and O–H groups in total. The molecular formula is C20H37NO3. The maximum absolute atomic E-state index is 11.3. The molecule has 0 atom stereocenters. The highest BCUT2D eigenvalue weighted by Crippen LogP contribution is 2.25. The molecule has 4 heteroatoms. The van der Waals surface area contributed by atoms with Gasteiger partial charge in [-0.05, 0) is 52.0 Å². The van der Waals surface area contributed by atoms with Crippen molar-refractivity contribution in [1.29, 1.82) is 0 Å². The first-order valence-electron chi connectivity index (χ1n) is 9.96. The van der Waals surface area contributed by atoms with Crippen LogP contribution >= 0.6 is 0 Å². The number of hydrogen-bond donors (Lipinski definition) is 1. The number of ether oxygens (including phenoxy) is 1. The predicted octanol–water partition coefficient (Wildman–Crippen LogP) is 4.06. The van der Waals surface area contributed by atoms with Crippen LogP contribution in [-0.4, -0.2) is 37.9 Å². The van der Waals surface area contributed by atoms with Crippen LogP contribution in [-0.2, 0) is 14.3 Å². The molecule has 0 heterocycles. The average Bonchev–Trinajstić information content (AvgIpc) is 2.66. The fourth-order valence-corrected chi connectivity index (χ4v) is 3.64. The Labute approximate surface area is 148 Å². The zero-order valence-corrected chi connectivity index (χ0v) is 15.7. The summed E-state index contributed by atoms with van der Waals surface area (Å²) in [5.41, 5.74) is 0. The standard InChI is InChI=1S/C10H19NO.C10H18O2/c1-3-10(12)8-4-6-9(11-2)7-5-8;11-8-4-5-9-12-10-6-2-1-3-7-10/h8-9,11H,3-7H2,1-2H3;8,10H,1-7,9H2. The molecule has 24 heavy (non-hydrogen) atoms. The molecule has 2 aliphatic rings. The molecule has 0 aliphatic heterocycles. The number of Topliss-reactive ketones (excluding diaryl/α,β-unsaturated/α-hetero) is 1. The Morgan fingerprint density at radius 1 is 1.08 bits per heavy atom. The van der Waals surface area contributed by atoms with Crippen molar-refractivity contribution >= 4 is 12.1 Å². The number of hydrogen-bond acceptors (Lipinski definition) is 4. The Morgan fingerprint density at radius 2 is 1.75 bits per heavy atom. The Bertz CT molecular complexity index is 332. The van der Waals surface area contributed by atoms with Gasteiger partial charge in [-0.1, -0.05) is 26.2 Å². The molecule has 2 saturated carbocycles. The van der Waals surface area contributed by atoms with Crippen LogP contribution in [0.3, 0.4) is 0 Å². The van der Waals surface area contributed by atoms with Gasteiger partial charge in [-0.2, -0.15) is 0 Å². The van der Waals surface area contributed by atoms with E-state index in [2.05, 4.69) is 5.32 Å². The number of nitrogens with one attached hydrogen (secondary N) is 1. The molecular weight excluding hydrogens is 302 g/mol. The summed E-state index contributed by atoms with van der Waals surface area (Å²) in [6.07, 6.45) is 14.7. The van der Waals surface area contributed by atoms with E-state index < -0.39 is 0 Å². The first kappa shape index (κ1) is 21.3. The van der Waals surface area contributed by atoms with Gasteiger partial charge in [0.2, 0.25) is 0 Å². The fourth-order valence-electron chi connectivity index (χ4n) is 3.64. The normalized spacial score (nSPS) is 24.8. The predicted molar refractivity (Wildman–Crippen MR) is 98.2 cm³/mol. The summed E-state index contributed by atoms with van der Waals surface area (Å²) in [6, 6.07) is 0.658. The molecule has 0 saturated heterocycles. The molecule has 140 valence electrons. The SMILES string of the molecule is CCC(=O)C1CCC(NC)CC1.O=CCCCOC1CCCCC1. The summed E-state index contributed by atoms with van der Waals surface area (Å²) in [5.74, 6) is 0.837. The van der Waals surface area contributed by atoms with E-state index in [1.165, 1.54) is 44.9 Å². The molecule has 4 nitrogen and oxygen atoms in total. The highest BCUT2D eigenvalue weighted by Gasteiger charge is 2.23. The second-order valence-electron chi connectivity index (χ2n) is 7.10. The Balaban J connectivity index is 0.000000240. The van der Waals surface area contributed by atoms with Gasteiger partial charge in [-0.15, -0.1) is 0 Å². The number of carbonyl (C=O) groups excluding carboxylic acids is 2. The van der Waals surface area contributed by atoms with Crippen LogP contribution in [0, 0.1) is 5.92 Å². The summed E-state index contributed by atoms with van der Waals surface area (Å²) in [4.78, 5) is 21.3. The van der Waals surface area contributed by atoms with Gasteiger partial charge in [0.1, 0.15) is 12.1 Å². The van der Waals surface area contributed by atoms with Gasteiger partial charge in [0.05, 0.1) is 6.10 Å². The lowest BCUT2D eigenvalue weighted by molar-refractivity contribution is -0.123. The number of ketones is 1. The van der Waals surface area contributed by atoms with Gasteiger partial charge in [-0.3, -0.25) is 4.79 Å². The maximum Gasteiger partial charge on any atom is 0.135 e. The molecule has 2 fully saturated rings. The summed E-state index contributed by atoms with van der Waals surface area (Å²) in [6.45, 7) is 2.73. The monoisotopic (exact) mass is 339 g/mol. The molecule has 2 rings (SSSR count). The summed E-state index contributed by atoms with van der Waals surface area (Å²) in [7, 11) is 2.01. The lowest BCUT2D eigenvalue weighted by atomic mass is 9.83. The van der Waals surface area contributed by atoms with Gasteiger partial charge in [0.25, 0.3) is 0 Å². The summed E-state index contributed by atoms with van der Waals surface area (Å²) >= 11 is 0. The highest BCUT2D eigenvalue weighted by molar-refractivity contribution is 5.80. The van der Waals surface area contributed by atoms with Crippen LogP contribution in [0.2, 0.25) is 0 Å². The second kappa shape index (κ2) is 13.5. The van der Waals surface area contributed by atoms with Crippen LogP contribution in [0.15, 0.2) is 0 Å². The maximum atomic E-state index is 11.3. The molecule has 0 spiro atoms. The quantitative estimate of drug-likeness (QED) is 0.535. The van der Waals surface area contributed by atoms with Crippen molar-refractivity contribution in [2.45, 2.75) is 96.1 Å². The summed E-state index contributed by atoms with van der Waals surface area (Å²) in [5, 5.41) is 3.27. The molecule has 0 bridgehead atoms. The van der Waals surface area contributed by atoms with Crippen molar-refractivity contribution < 1.29 is 14.3 Å². The zero-order valence-electron chi connectivity index (χ0n) is 15.7. The van der Waals surface area contributed by atoms with Gasteiger partial charge in [0.15, 0.2) is 0 Å². The lowest BCUT2D eigenvalue weighted by Gasteiger charge is -2.26. The largest absolute Gasteiger partial charge is 0.378 e. The van der Waals surface area contributed by atoms with Crippen molar-refractivity contribution in [3.63, 3.8) is 0 Å². The minimum absolute atomic E-state index is 0.375. The van der Waals surface area contributed by atoms with Gasteiger partial charge in [-0.25, -0.2) is 0 Å². The minimum atomic E-state index is 0.375. The van der Waals surface area contributed by atoms with Crippen molar-refractivity contribution in [1.82, 2.24) is 5.32 Å². The minimum Gasteiger partial charge on any atom is -0.378 e. The van der Waals surface area contributed by atoms with Gasteiger partial charge >= 0.3 is 0 Å².